The average Bonchev–Trinajstić information content (AvgIpc) is 2.60. The first-order valence-electron chi connectivity index (χ1n) is 6.18. The predicted molar refractivity (Wildman–Crippen MR) is 64.4 cm³/mol. The van der Waals surface area contributed by atoms with Crippen LogP contribution < -0.4 is 5.73 Å². The van der Waals surface area contributed by atoms with E-state index in [2.05, 4.69) is 0 Å². The third kappa shape index (κ3) is 2.97. The van der Waals surface area contributed by atoms with E-state index in [1.807, 2.05) is 13.8 Å². The Bertz CT molecular complexity index is 306. The first-order chi connectivity index (χ1) is 7.91. The van der Waals surface area contributed by atoms with Gasteiger partial charge in [-0.2, -0.15) is 0 Å². The summed E-state index contributed by atoms with van der Waals surface area (Å²) >= 11 is 0. The van der Waals surface area contributed by atoms with Crippen LogP contribution in [-0.2, 0) is 9.59 Å². The van der Waals surface area contributed by atoms with Crippen LogP contribution in [0.1, 0.15) is 39.5 Å². The summed E-state index contributed by atoms with van der Waals surface area (Å²) < 4.78 is 0. The molecule has 0 heterocycles. The second kappa shape index (κ2) is 5.49. The van der Waals surface area contributed by atoms with Crippen molar-refractivity contribution in [2.75, 3.05) is 13.1 Å². The number of carboxylic acids is 1. The Morgan fingerprint density at radius 2 is 2.18 bits per heavy atom. The van der Waals surface area contributed by atoms with Gasteiger partial charge in [-0.25, -0.2) is 0 Å². The molecule has 1 aliphatic carbocycles. The smallest absolute Gasteiger partial charge is 0.305 e. The first-order valence-corrected chi connectivity index (χ1v) is 6.18. The van der Waals surface area contributed by atoms with E-state index in [1.165, 1.54) is 0 Å². The molecule has 0 aromatic heterocycles. The van der Waals surface area contributed by atoms with Gasteiger partial charge in [0, 0.05) is 19.1 Å². The van der Waals surface area contributed by atoms with Crippen molar-refractivity contribution < 1.29 is 14.7 Å². The number of hydrogen-bond acceptors (Lipinski definition) is 3. The molecule has 1 fully saturated rings. The third-order valence-corrected chi connectivity index (χ3v) is 3.78. The normalized spacial score (nSPS) is 28.1. The van der Waals surface area contributed by atoms with Crippen LogP contribution in [0.4, 0.5) is 0 Å². The Balaban J connectivity index is 2.68. The molecule has 1 rings (SSSR count). The van der Waals surface area contributed by atoms with Crippen molar-refractivity contribution in [1.82, 2.24) is 4.90 Å². The fourth-order valence-electron chi connectivity index (χ4n) is 2.45. The predicted octanol–water partition coefficient (Wildman–Crippen LogP) is 0.827. The van der Waals surface area contributed by atoms with Gasteiger partial charge in [-0.15, -0.1) is 0 Å². The Labute approximate surface area is 102 Å². The molecule has 0 aliphatic heterocycles. The number of rotatable bonds is 5. The topological polar surface area (TPSA) is 83.6 Å². The van der Waals surface area contributed by atoms with Crippen molar-refractivity contribution in [3.8, 4) is 0 Å². The highest BCUT2D eigenvalue weighted by Crippen LogP contribution is 2.38. The van der Waals surface area contributed by atoms with Crippen LogP contribution >= 0.6 is 0 Å². The van der Waals surface area contributed by atoms with Gasteiger partial charge in [-0.05, 0) is 26.7 Å². The number of carbonyl (C=O) groups excluding carboxylic acids is 1. The summed E-state index contributed by atoms with van der Waals surface area (Å²) in [5.74, 6) is -0.872. The molecule has 0 saturated heterocycles. The van der Waals surface area contributed by atoms with Gasteiger partial charge in [0.25, 0.3) is 0 Å². The summed E-state index contributed by atoms with van der Waals surface area (Å²) in [6.07, 6.45) is 2.64. The number of carbonyl (C=O) groups is 2. The molecule has 17 heavy (non-hydrogen) atoms. The van der Waals surface area contributed by atoms with E-state index in [0.29, 0.717) is 6.54 Å². The molecule has 3 N–H and O–H groups in total. The molecule has 98 valence electrons. The van der Waals surface area contributed by atoms with E-state index in [1.54, 1.807) is 4.90 Å². The molecule has 0 aromatic rings. The molecule has 0 radical (unpaired) electrons. The molecule has 1 aliphatic rings. The summed E-state index contributed by atoms with van der Waals surface area (Å²) in [5.41, 5.74) is 5.49. The molecule has 1 saturated carbocycles. The maximum atomic E-state index is 12.4. The zero-order chi connectivity index (χ0) is 13.1. The van der Waals surface area contributed by atoms with Crippen LogP contribution in [0.25, 0.3) is 0 Å². The molecule has 5 nitrogen and oxygen atoms in total. The zero-order valence-corrected chi connectivity index (χ0v) is 10.6. The van der Waals surface area contributed by atoms with E-state index in [0.717, 1.165) is 19.3 Å². The minimum Gasteiger partial charge on any atom is -0.481 e. The molecule has 2 atom stereocenters. The van der Waals surface area contributed by atoms with E-state index < -0.39 is 11.4 Å². The highest BCUT2D eigenvalue weighted by molar-refractivity contribution is 5.84. The van der Waals surface area contributed by atoms with E-state index >= 15 is 0 Å². The van der Waals surface area contributed by atoms with Gasteiger partial charge in [0.2, 0.25) is 5.91 Å². The summed E-state index contributed by atoms with van der Waals surface area (Å²) in [7, 11) is 0. The van der Waals surface area contributed by atoms with Crippen LogP contribution in [0.15, 0.2) is 0 Å². The summed E-state index contributed by atoms with van der Waals surface area (Å²) in [5, 5.41) is 8.66. The third-order valence-electron chi connectivity index (χ3n) is 3.78. The number of amides is 1. The van der Waals surface area contributed by atoms with Gasteiger partial charge < -0.3 is 15.7 Å². The Kier molecular flexibility index (Phi) is 4.51. The Morgan fingerprint density at radius 3 is 2.59 bits per heavy atom. The monoisotopic (exact) mass is 242 g/mol. The SMILES string of the molecule is CCN(CCC(=O)O)C(=O)C1(C)CCCC1N. The maximum Gasteiger partial charge on any atom is 0.305 e. The molecular weight excluding hydrogens is 220 g/mol. The van der Waals surface area contributed by atoms with Crippen LogP contribution in [-0.4, -0.2) is 41.0 Å². The standard InChI is InChI=1S/C12H22N2O3/c1-3-14(8-6-10(15)16)11(17)12(2)7-4-5-9(12)13/h9H,3-8,13H2,1-2H3,(H,15,16). The van der Waals surface area contributed by atoms with Crippen molar-refractivity contribution >= 4 is 11.9 Å². The van der Waals surface area contributed by atoms with Gasteiger partial charge in [0.15, 0.2) is 0 Å². The lowest BCUT2D eigenvalue weighted by molar-refractivity contribution is -0.143. The molecule has 5 heteroatoms. The van der Waals surface area contributed by atoms with Crippen LogP contribution in [0, 0.1) is 5.41 Å². The number of aliphatic carboxylic acids is 1. The number of hydrogen-bond donors (Lipinski definition) is 2. The second-order valence-corrected chi connectivity index (χ2v) is 4.94. The van der Waals surface area contributed by atoms with E-state index in [4.69, 9.17) is 10.8 Å². The highest BCUT2D eigenvalue weighted by Gasteiger charge is 2.44. The molecule has 0 bridgehead atoms. The van der Waals surface area contributed by atoms with Crippen molar-refractivity contribution in [3.63, 3.8) is 0 Å². The lowest BCUT2D eigenvalue weighted by atomic mass is 9.83. The molecule has 0 spiro atoms. The minimum absolute atomic E-state index is 0.00579. The molecule has 2 unspecified atom stereocenters. The van der Waals surface area contributed by atoms with Crippen molar-refractivity contribution in [2.24, 2.45) is 11.1 Å². The second-order valence-electron chi connectivity index (χ2n) is 4.94. The Hall–Kier alpha value is -1.10. The van der Waals surface area contributed by atoms with Crippen molar-refractivity contribution in [2.45, 2.75) is 45.6 Å². The number of nitrogens with zero attached hydrogens (tertiary/aromatic N) is 1. The Morgan fingerprint density at radius 1 is 1.53 bits per heavy atom. The fourth-order valence-corrected chi connectivity index (χ4v) is 2.45. The van der Waals surface area contributed by atoms with Crippen LogP contribution in [0.5, 0.6) is 0 Å². The minimum atomic E-state index is -0.878. The number of carboxylic acid groups (broad SMARTS) is 1. The fraction of sp³-hybridized carbons (Fsp3) is 0.833. The summed E-state index contributed by atoms with van der Waals surface area (Å²) in [6.45, 7) is 4.57. The quantitative estimate of drug-likeness (QED) is 0.748. The van der Waals surface area contributed by atoms with E-state index in [-0.39, 0.29) is 24.9 Å². The lowest BCUT2D eigenvalue weighted by Crippen LogP contribution is -2.49. The van der Waals surface area contributed by atoms with Gasteiger partial charge in [0.05, 0.1) is 11.8 Å². The molecular formula is C12H22N2O3. The summed E-state index contributed by atoms with van der Waals surface area (Å²) in [4.78, 5) is 24.5. The van der Waals surface area contributed by atoms with Gasteiger partial charge >= 0.3 is 5.97 Å². The van der Waals surface area contributed by atoms with E-state index in [9.17, 15) is 9.59 Å². The highest BCUT2D eigenvalue weighted by atomic mass is 16.4. The lowest BCUT2D eigenvalue weighted by Gasteiger charge is -2.33. The zero-order valence-electron chi connectivity index (χ0n) is 10.6. The summed E-state index contributed by atoms with van der Waals surface area (Å²) in [6, 6.07) is -0.103. The van der Waals surface area contributed by atoms with Gasteiger partial charge in [-0.1, -0.05) is 6.42 Å². The van der Waals surface area contributed by atoms with Crippen molar-refractivity contribution in [3.05, 3.63) is 0 Å². The van der Waals surface area contributed by atoms with Gasteiger partial charge in [0.1, 0.15) is 0 Å². The van der Waals surface area contributed by atoms with Gasteiger partial charge in [-0.3, -0.25) is 9.59 Å². The first kappa shape index (κ1) is 14.0. The average molecular weight is 242 g/mol. The number of nitrogens with two attached hydrogens (primary N) is 1. The maximum absolute atomic E-state index is 12.4. The van der Waals surface area contributed by atoms with Crippen LogP contribution in [0.3, 0.4) is 0 Å². The van der Waals surface area contributed by atoms with Crippen LogP contribution in [0.2, 0.25) is 0 Å². The largest absolute Gasteiger partial charge is 0.481 e. The van der Waals surface area contributed by atoms with Crippen molar-refractivity contribution in [1.29, 1.82) is 0 Å². The molecule has 0 aromatic carbocycles. The molecule has 1 amide bonds.